The Bertz CT molecular complexity index is 1120. The van der Waals surface area contributed by atoms with E-state index in [1.807, 2.05) is 43.3 Å². The fourth-order valence-corrected chi connectivity index (χ4v) is 2.75. The molecule has 0 spiro atoms. The first-order valence-electron chi connectivity index (χ1n) is 8.37. The Hall–Kier alpha value is -3.74. The van der Waals surface area contributed by atoms with Gasteiger partial charge in [-0.2, -0.15) is 0 Å². The number of nitrogens with zero attached hydrogens (tertiary/aromatic N) is 3. The van der Waals surface area contributed by atoms with Gasteiger partial charge in [0, 0.05) is 17.5 Å². The summed E-state index contributed by atoms with van der Waals surface area (Å²) in [5.41, 5.74) is 3.87. The third-order valence-corrected chi connectivity index (χ3v) is 4.15. The summed E-state index contributed by atoms with van der Waals surface area (Å²) < 4.78 is 5.26. The highest BCUT2D eigenvalue weighted by Crippen LogP contribution is 2.25. The van der Waals surface area contributed by atoms with Crippen molar-refractivity contribution in [2.24, 2.45) is 0 Å². The van der Waals surface area contributed by atoms with Gasteiger partial charge in [-0.3, -0.25) is 9.78 Å². The number of aryl methyl sites for hydroxylation is 1. The normalized spacial score (nSPS) is 10.7. The Labute approximate surface area is 155 Å². The molecule has 0 bridgehead atoms. The molecular formula is C20H17N5O2. The molecule has 0 aliphatic carbocycles. The number of anilines is 1. The van der Waals surface area contributed by atoms with Crippen molar-refractivity contribution in [3.8, 4) is 17.1 Å². The zero-order chi connectivity index (χ0) is 18.8. The number of benzene rings is 1. The van der Waals surface area contributed by atoms with Crippen molar-refractivity contribution in [3.63, 3.8) is 0 Å². The number of methoxy groups -OCH3 is 1. The largest absolute Gasteiger partial charge is 0.497 e. The topological polar surface area (TPSA) is 92.8 Å². The van der Waals surface area contributed by atoms with E-state index >= 15 is 0 Å². The van der Waals surface area contributed by atoms with Gasteiger partial charge in [-0.05, 0) is 37.3 Å². The molecule has 1 aromatic carbocycles. The van der Waals surface area contributed by atoms with Crippen molar-refractivity contribution in [2.75, 3.05) is 12.4 Å². The highest BCUT2D eigenvalue weighted by molar-refractivity contribution is 6.11. The number of hydrogen-bond acceptors (Lipinski definition) is 5. The number of H-pyrrole nitrogens is 1. The summed E-state index contributed by atoms with van der Waals surface area (Å²) in [6.45, 7) is 1.89. The Morgan fingerprint density at radius 3 is 2.81 bits per heavy atom. The fourth-order valence-electron chi connectivity index (χ4n) is 2.75. The van der Waals surface area contributed by atoms with E-state index in [0.717, 1.165) is 17.0 Å². The second-order valence-corrected chi connectivity index (χ2v) is 6.02. The maximum atomic E-state index is 12.7. The van der Waals surface area contributed by atoms with Crippen LogP contribution in [0.3, 0.4) is 0 Å². The molecule has 0 fully saturated rings. The van der Waals surface area contributed by atoms with E-state index in [4.69, 9.17) is 4.74 Å². The molecule has 4 aromatic rings. The number of aromatic amines is 1. The first-order chi connectivity index (χ1) is 13.1. The molecular weight excluding hydrogens is 342 g/mol. The first-order valence-corrected chi connectivity index (χ1v) is 8.37. The molecule has 0 saturated carbocycles. The standard InChI is InChI=1S/C20H17N5O2/c1-12-6-7-14(11-22-12)23-20(26)16-8-9-21-19-17(16)24-18(25-19)13-4-3-5-15(10-13)27-2/h3-11H,1-2H3,(H,23,26)(H,21,24,25). The minimum atomic E-state index is -0.256. The summed E-state index contributed by atoms with van der Waals surface area (Å²) in [6, 6.07) is 12.8. The van der Waals surface area contributed by atoms with Crippen LogP contribution in [0.5, 0.6) is 5.75 Å². The average Bonchev–Trinajstić information content (AvgIpc) is 3.14. The van der Waals surface area contributed by atoms with E-state index < -0.39 is 0 Å². The summed E-state index contributed by atoms with van der Waals surface area (Å²) in [5.74, 6) is 1.09. The average molecular weight is 359 g/mol. The van der Waals surface area contributed by atoms with Gasteiger partial charge in [0.05, 0.1) is 30.1 Å². The summed E-state index contributed by atoms with van der Waals surface area (Å²) >= 11 is 0. The SMILES string of the molecule is COc1cccc(-c2nc3nccc(C(=O)Nc4ccc(C)nc4)c3[nH]2)c1. The molecule has 2 N–H and O–H groups in total. The molecule has 3 aromatic heterocycles. The molecule has 0 aliphatic heterocycles. The molecule has 27 heavy (non-hydrogen) atoms. The van der Waals surface area contributed by atoms with Crippen LogP contribution in [-0.4, -0.2) is 33.0 Å². The van der Waals surface area contributed by atoms with Crippen molar-refractivity contribution < 1.29 is 9.53 Å². The van der Waals surface area contributed by atoms with Crippen LogP contribution in [0.25, 0.3) is 22.6 Å². The number of rotatable bonds is 4. The third-order valence-electron chi connectivity index (χ3n) is 4.15. The van der Waals surface area contributed by atoms with Crippen molar-refractivity contribution in [2.45, 2.75) is 6.92 Å². The maximum Gasteiger partial charge on any atom is 0.258 e. The summed E-state index contributed by atoms with van der Waals surface area (Å²) in [7, 11) is 1.61. The lowest BCUT2D eigenvalue weighted by Crippen LogP contribution is -2.12. The van der Waals surface area contributed by atoms with Gasteiger partial charge in [0.1, 0.15) is 11.6 Å². The molecule has 3 heterocycles. The monoisotopic (exact) mass is 359 g/mol. The van der Waals surface area contributed by atoms with Crippen LogP contribution in [0.15, 0.2) is 54.9 Å². The van der Waals surface area contributed by atoms with Crippen LogP contribution >= 0.6 is 0 Å². The Morgan fingerprint density at radius 2 is 2.04 bits per heavy atom. The van der Waals surface area contributed by atoms with Crippen molar-refractivity contribution >= 4 is 22.8 Å². The predicted octanol–water partition coefficient (Wildman–Crippen LogP) is 3.59. The maximum absolute atomic E-state index is 12.7. The molecule has 0 saturated heterocycles. The van der Waals surface area contributed by atoms with Crippen LogP contribution in [0, 0.1) is 6.92 Å². The zero-order valence-electron chi connectivity index (χ0n) is 14.9. The Morgan fingerprint density at radius 1 is 1.15 bits per heavy atom. The number of hydrogen-bond donors (Lipinski definition) is 2. The quantitative estimate of drug-likeness (QED) is 0.581. The van der Waals surface area contributed by atoms with Crippen molar-refractivity contribution in [1.29, 1.82) is 0 Å². The zero-order valence-corrected chi connectivity index (χ0v) is 14.9. The molecule has 0 radical (unpaired) electrons. The lowest BCUT2D eigenvalue weighted by molar-refractivity contribution is 0.102. The molecule has 7 nitrogen and oxygen atoms in total. The number of pyridine rings is 2. The smallest absolute Gasteiger partial charge is 0.258 e. The summed E-state index contributed by atoms with van der Waals surface area (Å²) in [5, 5.41) is 2.85. The second-order valence-electron chi connectivity index (χ2n) is 6.02. The highest BCUT2D eigenvalue weighted by atomic mass is 16.5. The molecule has 0 atom stereocenters. The fraction of sp³-hybridized carbons (Fsp3) is 0.100. The number of amides is 1. The van der Waals surface area contributed by atoms with Crippen LogP contribution in [0.4, 0.5) is 5.69 Å². The number of imidazole rings is 1. The number of fused-ring (bicyclic) bond motifs is 1. The van der Waals surface area contributed by atoms with E-state index in [1.165, 1.54) is 0 Å². The van der Waals surface area contributed by atoms with E-state index in [1.54, 1.807) is 25.6 Å². The van der Waals surface area contributed by atoms with Gasteiger partial charge in [-0.25, -0.2) is 9.97 Å². The Kier molecular flexibility index (Phi) is 4.25. The summed E-state index contributed by atoms with van der Waals surface area (Å²) in [6.07, 6.45) is 3.20. The molecule has 134 valence electrons. The molecule has 7 heteroatoms. The lowest BCUT2D eigenvalue weighted by Gasteiger charge is -2.05. The number of nitrogens with one attached hydrogen (secondary N) is 2. The highest BCUT2D eigenvalue weighted by Gasteiger charge is 2.15. The lowest BCUT2D eigenvalue weighted by atomic mass is 10.2. The third kappa shape index (κ3) is 3.35. The Balaban J connectivity index is 1.70. The van der Waals surface area contributed by atoms with Gasteiger partial charge < -0.3 is 15.0 Å². The number of aromatic nitrogens is 4. The van der Waals surface area contributed by atoms with E-state index in [0.29, 0.717) is 28.2 Å². The minimum absolute atomic E-state index is 0.256. The van der Waals surface area contributed by atoms with Crippen LogP contribution in [0.1, 0.15) is 16.1 Å². The van der Waals surface area contributed by atoms with Gasteiger partial charge in [0.2, 0.25) is 0 Å². The van der Waals surface area contributed by atoms with Gasteiger partial charge in [-0.1, -0.05) is 12.1 Å². The molecule has 4 rings (SSSR count). The number of carbonyl (C=O) groups excluding carboxylic acids is 1. The molecule has 0 aliphatic rings. The number of ether oxygens (including phenoxy) is 1. The summed E-state index contributed by atoms with van der Waals surface area (Å²) in [4.78, 5) is 28.9. The van der Waals surface area contributed by atoms with Crippen molar-refractivity contribution in [1.82, 2.24) is 19.9 Å². The van der Waals surface area contributed by atoms with E-state index in [2.05, 4.69) is 25.3 Å². The van der Waals surface area contributed by atoms with Crippen LogP contribution < -0.4 is 10.1 Å². The van der Waals surface area contributed by atoms with Gasteiger partial charge in [0.15, 0.2) is 5.65 Å². The van der Waals surface area contributed by atoms with E-state index in [9.17, 15) is 4.79 Å². The molecule has 0 unspecified atom stereocenters. The van der Waals surface area contributed by atoms with Crippen LogP contribution in [-0.2, 0) is 0 Å². The van der Waals surface area contributed by atoms with Gasteiger partial charge >= 0.3 is 0 Å². The first kappa shape index (κ1) is 16.7. The van der Waals surface area contributed by atoms with Gasteiger partial charge in [-0.15, -0.1) is 0 Å². The van der Waals surface area contributed by atoms with Crippen LogP contribution in [0.2, 0.25) is 0 Å². The van der Waals surface area contributed by atoms with Gasteiger partial charge in [0.25, 0.3) is 5.91 Å². The predicted molar refractivity (Wildman–Crippen MR) is 103 cm³/mol. The molecule has 1 amide bonds. The minimum Gasteiger partial charge on any atom is -0.497 e. The van der Waals surface area contributed by atoms with E-state index in [-0.39, 0.29) is 5.91 Å². The number of carbonyl (C=O) groups is 1. The van der Waals surface area contributed by atoms with Crippen molar-refractivity contribution in [3.05, 3.63) is 66.1 Å². The second kappa shape index (κ2) is 6.87.